The molecule has 0 unspecified atom stereocenters. The van der Waals surface area contributed by atoms with Crippen LogP contribution in [0.15, 0.2) is 12.0 Å². The van der Waals surface area contributed by atoms with E-state index in [4.69, 9.17) is 5.11 Å². The number of rotatable bonds is 3. The van der Waals surface area contributed by atoms with E-state index in [9.17, 15) is 0 Å². The second kappa shape index (κ2) is 4.50. The first kappa shape index (κ1) is 7.34. The highest BCUT2D eigenvalue weighted by Crippen LogP contribution is 1.90. The molecular weight excluding hydrogens is 102 g/mol. The molecule has 0 aromatic carbocycles. The van der Waals surface area contributed by atoms with Crippen molar-refractivity contribution in [2.75, 3.05) is 6.54 Å². The zero-order valence-corrected chi connectivity index (χ0v) is 5.44. The van der Waals surface area contributed by atoms with E-state index in [1.807, 2.05) is 13.8 Å². The normalized spacial score (nSPS) is 11.5. The summed E-state index contributed by atoms with van der Waals surface area (Å²) in [5.41, 5.74) is 0.896. The van der Waals surface area contributed by atoms with E-state index in [1.165, 1.54) is 0 Å². The van der Waals surface area contributed by atoms with Crippen molar-refractivity contribution in [1.82, 2.24) is 5.32 Å². The number of allylic oxidation sites excluding steroid dienone is 1. The van der Waals surface area contributed by atoms with E-state index in [2.05, 4.69) is 5.32 Å². The largest absolute Gasteiger partial charge is 0.514 e. The van der Waals surface area contributed by atoms with Crippen LogP contribution in [-0.4, -0.2) is 11.7 Å². The molecule has 0 saturated carbocycles. The lowest BCUT2D eigenvalue weighted by Crippen LogP contribution is -2.10. The Hall–Kier alpha value is -0.660. The Labute approximate surface area is 50.2 Å². The van der Waals surface area contributed by atoms with Gasteiger partial charge in [-0.15, -0.1) is 0 Å². The Morgan fingerprint density at radius 2 is 2.25 bits per heavy atom. The molecule has 8 heavy (non-hydrogen) atoms. The molecule has 48 valence electrons. The first-order valence-corrected chi connectivity index (χ1v) is 2.92. The summed E-state index contributed by atoms with van der Waals surface area (Å²) >= 11 is 0. The van der Waals surface area contributed by atoms with Crippen LogP contribution in [0.2, 0.25) is 0 Å². The van der Waals surface area contributed by atoms with Crippen molar-refractivity contribution in [3.8, 4) is 0 Å². The fourth-order valence-electron chi connectivity index (χ4n) is 0.489. The van der Waals surface area contributed by atoms with Crippen LogP contribution in [0.25, 0.3) is 0 Å². The molecule has 2 heteroatoms. The van der Waals surface area contributed by atoms with Gasteiger partial charge in [0.25, 0.3) is 0 Å². The molecule has 0 fully saturated rings. The molecular formula is C6H13NO. The Kier molecular flexibility index (Phi) is 4.13. The van der Waals surface area contributed by atoms with Crippen molar-refractivity contribution >= 4 is 0 Å². The fraction of sp³-hybridized carbons (Fsp3) is 0.667. The number of nitrogens with one attached hydrogen (secondary N) is 1. The lowest BCUT2D eigenvalue weighted by molar-refractivity contribution is 0.458. The van der Waals surface area contributed by atoms with Gasteiger partial charge < -0.3 is 10.4 Å². The second-order valence-electron chi connectivity index (χ2n) is 1.54. The summed E-state index contributed by atoms with van der Waals surface area (Å²) < 4.78 is 0. The molecule has 2 N–H and O–H groups in total. The van der Waals surface area contributed by atoms with Crippen LogP contribution in [0, 0.1) is 0 Å². The van der Waals surface area contributed by atoms with Crippen LogP contribution < -0.4 is 5.32 Å². The molecule has 0 radical (unpaired) electrons. The maximum absolute atomic E-state index is 8.43. The predicted octanol–water partition coefficient (Wildman–Crippen LogP) is 1.41. The molecule has 0 aliphatic rings. The Morgan fingerprint density at radius 3 is 2.38 bits per heavy atom. The van der Waals surface area contributed by atoms with Crippen LogP contribution in [-0.2, 0) is 0 Å². The Balaban J connectivity index is 3.38. The van der Waals surface area contributed by atoms with E-state index in [0.717, 1.165) is 24.9 Å². The van der Waals surface area contributed by atoms with Gasteiger partial charge in [0.2, 0.25) is 0 Å². The number of aliphatic hydroxyl groups excluding tert-OH is 1. The summed E-state index contributed by atoms with van der Waals surface area (Å²) in [7, 11) is 0. The molecule has 0 aromatic rings. The summed E-state index contributed by atoms with van der Waals surface area (Å²) in [6.45, 7) is 4.87. The van der Waals surface area contributed by atoms with E-state index >= 15 is 0 Å². The van der Waals surface area contributed by atoms with Gasteiger partial charge in [-0.05, 0) is 13.3 Å². The number of hydrogen-bond acceptors (Lipinski definition) is 2. The summed E-state index contributed by atoms with van der Waals surface area (Å²) in [5, 5.41) is 11.4. The van der Waals surface area contributed by atoms with Crippen molar-refractivity contribution < 1.29 is 5.11 Å². The second-order valence-corrected chi connectivity index (χ2v) is 1.54. The number of aliphatic hydroxyl groups is 1. The van der Waals surface area contributed by atoms with Gasteiger partial charge in [-0.1, -0.05) is 6.92 Å². The third kappa shape index (κ3) is 2.50. The van der Waals surface area contributed by atoms with Gasteiger partial charge in [-0.2, -0.15) is 0 Å². The summed E-state index contributed by atoms with van der Waals surface area (Å²) in [6, 6.07) is 0. The lowest BCUT2D eigenvalue weighted by Gasteiger charge is -2.01. The third-order valence-electron chi connectivity index (χ3n) is 0.941. The molecule has 0 aliphatic heterocycles. The van der Waals surface area contributed by atoms with E-state index in [1.54, 1.807) is 0 Å². The van der Waals surface area contributed by atoms with Crippen LogP contribution in [0.5, 0.6) is 0 Å². The maximum Gasteiger partial charge on any atom is 0.0980 e. The highest BCUT2D eigenvalue weighted by Gasteiger charge is 1.85. The predicted molar refractivity (Wildman–Crippen MR) is 34.7 cm³/mol. The molecule has 0 bridgehead atoms. The topological polar surface area (TPSA) is 32.3 Å². The quantitative estimate of drug-likeness (QED) is 0.545. The van der Waals surface area contributed by atoms with Crippen molar-refractivity contribution in [2.24, 2.45) is 0 Å². The van der Waals surface area contributed by atoms with Gasteiger partial charge in [0, 0.05) is 12.2 Å². The minimum Gasteiger partial charge on any atom is -0.514 e. The lowest BCUT2D eigenvalue weighted by atomic mass is 10.4. The average Bonchev–Trinajstić information content (AvgIpc) is 1.83. The maximum atomic E-state index is 8.43. The molecule has 0 aromatic heterocycles. The van der Waals surface area contributed by atoms with E-state index < -0.39 is 0 Å². The number of hydrogen-bond donors (Lipinski definition) is 2. The Bertz CT molecular complexity index is 78.6. The molecule has 0 atom stereocenters. The molecule has 0 spiro atoms. The van der Waals surface area contributed by atoms with Gasteiger partial charge in [0.05, 0.1) is 6.26 Å². The van der Waals surface area contributed by atoms with Crippen molar-refractivity contribution in [3.63, 3.8) is 0 Å². The monoisotopic (exact) mass is 115 g/mol. The molecule has 0 heterocycles. The SMILES string of the molecule is CCN/C(=C/O)CC. The van der Waals surface area contributed by atoms with Gasteiger partial charge in [0.1, 0.15) is 0 Å². The van der Waals surface area contributed by atoms with Crippen LogP contribution in [0.1, 0.15) is 20.3 Å². The van der Waals surface area contributed by atoms with E-state index in [-0.39, 0.29) is 0 Å². The standard InChI is InChI=1S/C6H13NO/c1-3-6(5-8)7-4-2/h5,7-8H,3-4H2,1-2H3/b6-5+. The minimum atomic E-state index is 0.865. The fourth-order valence-corrected chi connectivity index (χ4v) is 0.489. The molecule has 0 amide bonds. The van der Waals surface area contributed by atoms with Gasteiger partial charge in [0.15, 0.2) is 0 Å². The zero-order valence-electron chi connectivity index (χ0n) is 5.44. The molecule has 0 rings (SSSR count). The highest BCUT2D eigenvalue weighted by atomic mass is 16.2. The van der Waals surface area contributed by atoms with Crippen LogP contribution >= 0.6 is 0 Å². The van der Waals surface area contributed by atoms with E-state index in [0.29, 0.717) is 0 Å². The van der Waals surface area contributed by atoms with Crippen LogP contribution in [0.3, 0.4) is 0 Å². The first-order chi connectivity index (χ1) is 3.85. The smallest absolute Gasteiger partial charge is 0.0980 e. The highest BCUT2D eigenvalue weighted by molar-refractivity contribution is 4.91. The molecule has 0 aliphatic carbocycles. The van der Waals surface area contributed by atoms with Crippen molar-refractivity contribution in [3.05, 3.63) is 12.0 Å². The molecule has 0 saturated heterocycles. The zero-order chi connectivity index (χ0) is 6.41. The summed E-state index contributed by atoms with van der Waals surface area (Å²) in [5.74, 6) is 0. The van der Waals surface area contributed by atoms with Gasteiger partial charge >= 0.3 is 0 Å². The summed E-state index contributed by atoms with van der Waals surface area (Å²) in [4.78, 5) is 0. The third-order valence-corrected chi connectivity index (χ3v) is 0.941. The van der Waals surface area contributed by atoms with Gasteiger partial charge in [-0.25, -0.2) is 0 Å². The summed E-state index contributed by atoms with van der Waals surface area (Å²) in [6.07, 6.45) is 1.98. The Morgan fingerprint density at radius 1 is 1.62 bits per heavy atom. The molecule has 2 nitrogen and oxygen atoms in total. The van der Waals surface area contributed by atoms with Gasteiger partial charge in [-0.3, -0.25) is 0 Å². The minimum absolute atomic E-state index is 0.865. The van der Waals surface area contributed by atoms with Crippen molar-refractivity contribution in [1.29, 1.82) is 0 Å². The average molecular weight is 115 g/mol. The van der Waals surface area contributed by atoms with Crippen molar-refractivity contribution in [2.45, 2.75) is 20.3 Å². The van der Waals surface area contributed by atoms with Crippen LogP contribution in [0.4, 0.5) is 0 Å². The first-order valence-electron chi connectivity index (χ1n) is 2.92.